The number of hydrogen-bond donors (Lipinski definition) is 0. The molecule has 0 saturated carbocycles. The molecule has 0 N–H and O–H groups in total. The number of non-ortho nitro benzene ring substituents is 1. The number of benzene rings is 1. The van der Waals surface area contributed by atoms with Crippen molar-refractivity contribution in [2.24, 2.45) is 0 Å². The Labute approximate surface area is 112 Å². The summed E-state index contributed by atoms with van der Waals surface area (Å²) in [4.78, 5) is 10.2. The van der Waals surface area contributed by atoms with Crippen molar-refractivity contribution >= 4 is 5.69 Å². The highest BCUT2D eigenvalue weighted by atomic mass is 16.9. The molecule has 0 saturated heterocycles. The first kappa shape index (κ1) is 15.6. The van der Waals surface area contributed by atoms with Crippen LogP contribution < -0.4 is 0 Å². The largest absolute Gasteiger partial charge is 0.324 e. The van der Waals surface area contributed by atoms with E-state index in [9.17, 15) is 10.1 Å². The minimum Gasteiger partial charge on any atom is -0.324 e. The summed E-state index contributed by atoms with van der Waals surface area (Å²) in [7, 11) is 0. The molecule has 19 heavy (non-hydrogen) atoms. The lowest BCUT2D eigenvalue weighted by molar-refractivity contribution is -0.390. The highest BCUT2D eigenvalue weighted by Crippen LogP contribution is 2.30. The molecule has 1 aromatic carbocycles. The maximum atomic E-state index is 10.7. The van der Waals surface area contributed by atoms with E-state index in [1.807, 2.05) is 20.8 Å². The van der Waals surface area contributed by atoms with E-state index in [0.29, 0.717) is 25.4 Å². The molecule has 0 aliphatic heterocycles. The van der Waals surface area contributed by atoms with Gasteiger partial charge in [-0.3, -0.25) is 10.1 Å². The van der Waals surface area contributed by atoms with Gasteiger partial charge in [0, 0.05) is 37.5 Å². The number of hydrogen-bond acceptors (Lipinski definition) is 5. The van der Waals surface area contributed by atoms with Crippen LogP contribution in [-0.4, -0.2) is 24.7 Å². The van der Waals surface area contributed by atoms with Crippen LogP contribution in [-0.2, 0) is 20.2 Å². The van der Waals surface area contributed by atoms with Crippen LogP contribution in [0.5, 0.6) is 0 Å². The SMILES string of the molecule is CCOC(OCC)(OCC)c1ccc([N+](=O)[O-])cc1. The van der Waals surface area contributed by atoms with Crippen molar-refractivity contribution in [2.75, 3.05) is 19.8 Å². The smallest absolute Gasteiger partial charge is 0.311 e. The van der Waals surface area contributed by atoms with Crippen molar-refractivity contribution in [1.29, 1.82) is 0 Å². The van der Waals surface area contributed by atoms with E-state index in [1.165, 1.54) is 12.1 Å². The molecule has 0 bridgehead atoms. The molecule has 1 rings (SSSR count). The van der Waals surface area contributed by atoms with Crippen molar-refractivity contribution in [3.8, 4) is 0 Å². The van der Waals surface area contributed by atoms with Crippen LogP contribution in [0.15, 0.2) is 24.3 Å². The molecule has 1 aromatic rings. The predicted octanol–water partition coefficient (Wildman–Crippen LogP) is 2.81. The topological polar surface area (TPSA) is 70.8 Å². The standard InChI is InChI=1S/C13H19NO5/c1-4-17-13(18-5-2,19-6-3)11-7-9-12(10-8-11)14(15)16/h7-10H,4-6H2,1-3H3. The zero-order valence-corrected chi connectivity index (χ0v) is 11.4. The van der Waals surface area contributed by atoms with E-state index in [2.05, 4.69) is 0 Å². The maximum Gasteiger partial charge on any atom is 0.311 e. The second kappa shape index (κ2) is 7.18. The Hall–Kier alpha value is -1.50. The third-order valence-corrected chi connectivity index (χ3v) is 2.43. The van der Waals surface area contributed by atoms with E-state index < -0.39 is 10.9 Å². The van der Waals surface area contributed by atoms with Crippen LogP contribution in [0.2, 0.25) is 0 Å². The van der Waals surface area contributed by atoms with Gasteiger partial charge in [-0.2, -0.15) is 0 Å². The lowest BCUT2D eigenvalue weighted by Gasteiger charge is -2.32. The quantitative estimate of drug-likeness (QED) is 0.412. The molecular weight excluding hydrogens is 250 g/mol. The summed E-state index contributed by atoms with van der Waals surface area (Å²) in [5.41, 5.74) is 0.616. The molecule has 0 heterocycles. The summed E-state index contributed by atoms with van der Waals surface area (Å²) >= 11 is 0. The minimum atomic E-state index is -1.30. The van der Waals surface area contributed by atoms with Gasteiger partial charge in [-0.05, 0) is 32.9 Å². The van der Waals surface area contributed by atoms with Crippen LogP contribution in [0, 0.1) is 10.1 Å². The fourth-order valence-electron chi connectivity index (χ4n) is 1.73. The van der Waals surface area contributed by atoms with Gasteiger partial charge >= 0.3 is 5.97 Å². The average Bonchev–Trinajstić information content (AvgIpc) is 2.39. The van der Waals surface area contributed by atoms with E-state index in [-0.39, 0.29) is 5.69 Å². The Morgan fingerprint density at radius 1 is 1.00 bits per heavy atom. The molecular formula is C13H19NO5. The van der Waals surface area contributed by atoms with Crippen LogP contribution in [0.1, 0.15) is 26.3 Å². The van der Waals surface area contributed by atoms with E-state index >= 15 is 0 Å². The maximum absolute atomic E-state index is 10.7. The number of nitrogens with zero attached hydrogens (tertiary/aromatic N) is 1. The van der Waals surface area contributed by atoms with Gasteiger partial charge < -0.3 is 14.2 Å². The monoisotopic (exact) mass is 269 g/mol. The molecule has 0 fully saturated rings. The fourth-order valence-corrected chi connectivity index (χ4v) is 1.73. The summed E-state index contributed by atoms with van der Waals surface area (Å²) in [6.45, 7) is 6.69. The van der Waals surface area contributed by atoms with Crippen molar-refractivity contribution < 1.29 is 19.1 Å². The highest BCUT2D eigenvalue weighted by molar-refractivity contribution is 5.34. The third-order valence-electron chi connectivity index (χ3n) is 2.43. The van der Waals surface area contributed by atoms with Gasteiger partial charge in [0.25, 0.3) is 5.69 Å². The Morgan fingerprint density at radius 3 is 1.74 bits per heavy atom. The molecule has 106 valence electrons. The van der Waals surface area contributed by atoms with Crippen LogP contribution in [0.4, 0.5) is 5.69 Å². The van der Waals surface area contributed by atoms with Crippen LogP contribution >= 0.6 is 0 Å². The number of nitro benzene ring substituents is 1. The van der Waals surface area contributed by atoms with Gasteiger partial charge in [0.05, 0.1) is 4.92 Å². The first-order valence-electron chi connectivity index (χ1n) is 6.26. The second-order valence-corrected chi connectivity index (χ2v) is 3.66. The van der Waals surface area contributed by atoms with Gasteiger partial charge in [0.1, 0.15) is 0 Å². The van der Waals surface area contributed by atoms with Crippen LogP contribution in [0.3, 0.4) is 0 Å². The van der Waals surface area contributed by atoms with Crippen molar-refractivity contribution in [1.82, 2.24) is 0 Å². The summed E-state index contributed by atoms with van der Waals surface area (Å²) in [6.07, 6.45) is 0. The molecule has 6 heteroatoms. The minimum absolute atomic E-state index is 0.0159. The molecule has 0 amide bonds. The predicted molar refractivity (Wildman–Crippen MR) is 69.7 cm³/mol. The Balaban J connectivity index is 3.10. The Bertz CT molecular complexity index is 387. The first-order chi connectivity index (χ1) is 9.09. The average molecular weight is 269 g/mol. The van der Waals surface area contributed by atoms with Crippen molar-refractivity contribution in [3.63, 3.8) is 0 Å². The normalized spacial score (nSPS) is 11.5. The third kappa shape index (κ3) is 3.73. The summed E-state index contributed by atoms with van der Waals surface area (Å²) in [6, 6.07) is 5.97. The molecule has 0 aliphatic rings. The van der Waals surface area contributed by atoms with E-state index in [0.717, 1.165) is 0 Å². The Kier molecular flexibility index (Phi) is 5.88. The molecule has 0 spiro atoms. The summed E-state index contributed by atoms with van der Waals surface area (Å²) in [5, 5.41) is 10.7. The number of rotatable bonds is 8. The number of nitro groups is 1. The molecule has 0 aromatic heterocycles. The highest BCUT2D eigenvalue weighted by Gasteiger charge is 2.35. The first-order valence-corrected chi connectivity index (χ1v) is 6.26. The molecule has 0 aliphatic carbocycles. The fraction of sp³-hybridized carbons (Fsp3) is 0.538. The van der Waals surface area contributed by atoms with Gasteiger partial charge in [0.2, 0.25) is 0 Å². The molecule has 0 unspecified atom stereocenters. The van der Waals surface area contributed by atoms with E-state index in [1.54, 1.807) is 12.1 Å². The Morgan fingerprint density at radius 2 is 1.42 bits per heavy atom. The van der Waals surface area contributed by atoms with Crippen molar-refractivity contribution in [3.05, 3.63) is 39.9 Å². The van der Waals surface area contributed by atoms with Gasteiger partial charge in [-0.15, -0.1) is 0 Å². The lowest BCUT2D eigenvalue weighted by atomic mass is 10.1. The van der Waals surface area contributed by atoms with Gasteiger partial charge in [-0.1, -0.05) is 0 Å². The second-order valence-electron chi connectivity index (χ2n) is 3.66. The van der Waals surface area contributed by atoms with Gasteiger partial charge in [-0.25, -0.2) is 0 Å². The summed E-state index contributed by atoms with van der Waals surface area (Å²) < 4.78 is 16.7. The van der Waals surface area contributed by atoms with Crippen molar-refractivity contribution in [2.45, 2.75) is 26.7 Å². The zero-order chi connectivity index (χ0) is 14.3. The lowest BCUT2D eigenvalue weighted by Crippen LogP contribution is -2.36. The zero-order valence-electron chi connectivity index (χ0n) is 11.4. The van der Waals surface area contributed by atoms with Gasteiger partial charge in [0.15, 0.2) is 0 Å². The van der Waals surface area contributed by atoms with E-state index in [4.69, 9.17) is 14.2 Å². The molecule has 0 atom stereocenters. The van der Waals surface area contributed by atoms with Crippen LogP contribution in [0.25, 0.3) is 0 Å². The number of ether oxygens (including phenoxy) is 3. The summed E-state index contributed by atoms with van der Waals surface area (Å²) in [5.74, 6) is -1.30. The molecule has 6 nitrogen and oxygen atoms in total. The molecule has 0 radical (unpaired) electrons.